The van der Waals surface area contributed by atoms with Crippen LogP contribution in [0.25, 0.3) is 0 Å². The first kappa shape index (κ1) is 14.4. The Hall–Kier alpha value is -1.68. The topological polar surface area (TPSA) is 86.5 Å². The number of benzene rings is 1. The number of nitro benzene ring substituents is 1. The van der Waals surface area contributed by atoms with Crippen LogP contribution in [0.15, 0.2) is 29.2 Å². The van der Waals surface area contributed by atoms with E-state index in [2.05, 4.69) is 4.18 Å². The summed E-state index contributed by atoms with van der Waals surface area (Å²) in [6, 6.07) is 3.96. The van der Waals surface area contributed by atoms with Crippen LogP contribution in [-0.2, 0) is 14.3 Å². The third-order valence-corrected chi connectivity index (χ3v) is 3.02. The summed E-state index contributed by atoms with van der Waals surface area (Å²) < 4.78 is 62.0. The molecule has 0 heterocycles. The molecule has 0 radical (unpaired) electrons. The van der Waals surface area contributed by atoms with Gasteiger partial charge in [-0.15, -0.1) is 0 Å². The lowest BCUT2D eigenvalue weighted by Gasteiger charge is -2.08. The number of alkyl halides is 3. The third-order valence-electron chi connectivity index (χ3n) is 1.71. The Kier molecular flexibility index (Phi) is 3.92. The van der Waals surface area contributed by atoms with Gasteiger partial charge < -0.3 is 0 Å². The molecule has 0 fully saturated rings. The van der Waals surface area contributed by atoms with Crippen molar-refractivity contribution in [1.82, 2.24) is 0 Å². The predicted molar refractivity (Wildman–Crippen MR) is 52.3 cm³/mol. The fourth-order valence-electron chi connectivity index (χ4n) is 1.03. The van der Waals surface area contributed by atoms with Gasteiger partial charge in [0.25, 0.3) is 5.69 Å². The summed E-state index contributed by atoms with van der Waals surface area (Å²) in [6.07, 6.45) is -4.85. The molecule has 0 unspecified atom stereocenters. The van der Waals surface area contributed by atoms with E-state index in [1.165, 1.54) is 6.07 Å². The molecule has 0 aliphatic carbocycles. The lowest BCUT2D eigenvalue weighted by atomic mass is 10.3. The third kappa shape index (κ3) is 3.67. The molecule has 0 aromatic heterocycles. The van der Waals surface area contributed by atoms with Crippen molar-refractivity contribution < 1.29 is 30.7 Å². The van der Waals surface area contributed by atoms with E-state index in [0.29, 0.717) is 0 Å². The van der Waals surface area contributed by atoms with Crippen LogP contribution in [0.5, 0.6) is 0 Å². The van der Waals surface area contributed by atoms with Gasteiger partial charge in [-0.1, -0.05) is 12.1 Å². The average Bonchev–Trinajstić information content (AvgIpc) is 2.26. The van der Waals surface area contributed by atoms with Gasteiger partial charge in [-0.2, -0.15) is 21.6 Å². The Balaban J connectivity index is 3.10. The quantitative estimate of drug-likeness (QED) is 0.478. The molecule has 0 N–H and O–H groups in total. The highest BCUT2D eigenvalue weighted by molar-refractivity contribution is 7.87. The zero-order valence-corrected chi connectivity index (χ0v) is 9.36. The molecule has 1 rings (SSSR count). The van der Waals surface area contributed by atoms with Crippen LogP contribution < -0.4 is 0 Å². The van der Waals surface area contributed by atoms with E-state index in [1.807, 2.05) is 0 Å². The Morgan fingerprint density at radius 2 is 1.83 bits per heavy atom. The second-order valence-electron chi connectivity index (χ2n) is 3.06. The molecule has 0 saturated heterocycles. The maximum absolute atomic E-state index is 11.8. The second kappa shape index (κ2) is 4.90. The molecule has 0 spiro atoms. The standard InChI is InChI=1S/C8H6F3NO5S/c9-8(10,11)5-17-18(15,16)7-4-2-1-3-6(7)12(13)14/h1-4H,5H2. The molecule has 10 heteroatoms. The molecule has 0 aliphatic rings. The first-order valence-electron chi connectivity index (χ1n) is 4.33. The van der Waals surface area contributed by atoms with E-state index in [9.17, 15) is 31.7 Å². The van der Waals surface area contributed by atoms with E-state index >= 15 is 0 Å². The molecule has 18 heavy (non-hydrogen) atoms. The highest BCUT2D eigenvalue weighted by Gasteiger charge is 2.34. The molecule has 0 bridgehead atoms. The van der Waals surface area contributed by atoms with Crippen molar-refractivity contribution in [3.63, 3.8) is 0 Å². The number of nitro groups is 1. The summed E-state index contributed by atoms with van der Waals surface area (Å²) in [6.45, 7) is -2.04. The number of hydrogen-bond acceptors (Lipinski definition) is 5. The van der Waals surface area contributed by atoms with E-state index < -0.39 is 38.4 Å². The van der Waals surface area contributed by atoms with Gasteiger partial charge in [0.15, 0.2) is 11.5 Å². The zero-order valence-electron chi connectivity index (χ0n) is 8.55. The van der Waals surface area contributed by atoms with Gasteiger partial charge in [0.05, 0.1) is 4.92 Å². The predicted octanol–water partition coefficient (Wildman–Crippen LogP) is 1.86. The Labute approximate surface area is 99.3 Å². The molecular weight excluding hydrogens is 279 g/mol. The van der Waals surface area contributed by atoms with Gasteiger partial charge in [0.2, 0.25) is 0 Å². The van der Waals surface area contributed by atoms with Crippen molar-refractivity contribution in [3.05, 3.63) is 34.4 Å². The molecule has 0 amide bonds. The van der Waals surface area contributed by atoms with Gasteiger partial charge in [-0.3, -0.25) is 14.3 Å². The fraction of sp³-hybridized carbons (Fsp3) is 0.250. The van der Waals surface area contributed by atoms with Crippen molar-refractivity contribution in [2.45, 2.75) is 11.1 Å². The Morgan fingerprint density at radius 3 is 2.33 bits per heavy atom. The van der Waals surface area contributed by atoms with Gasteiger partial charge in [0, 0.05) is 6.07 Å². The summed E-state index contributed by atoms with van der Waals surface area (Å²) in [5.41, 5.74) is -0.848. The van der Waals surface area contributed by atoms with Gasteiger partial charge in [0.1, 0.15) is 0 Å². The highest BCUT2D eigenvalue weighted by atomic mass is 32.2. The lowest BCUT2D eigenvalue weighted by molar-refractivity contribution is -0.387. The first-order valence-corrected chi connectivity index (χ1v) is 5.74. The lowest BCUT2D eigenvalue weighted by Crippen LogP contribution is -2.21. The van der Waals surface area contributed by atoms with Crippen LogP contribution in [-0.4, -0.2) is 26.1 Å². The molecule has 0 saturated carbocycles. The smallest absolute Gasteiger partial charge is 0.258 e. The summed E-state index contributed by atoms with van der Waals surface area (Å²) >= 11 is 0. The fourth-order valence-corrected chi connectivity index (χ4v) is 2.09. The van der Waals surface area contributed by atoms with Crippen LogP contribution in [0.3, 0.4) is 0 Å². The molecule has 0 aliphatic heterocycles. The number of para-hydroxylation sites is 1. The van der Waals surface area contributed by atoms with Crippen molar-refractivity contribution >= 4 is 15.8 Å². The minimum atomic E-state index is -4.85. The van der Waals surface area contributed by atoms with Crippen LogP contribution in [0.2, 0.25) is 0 Å². The summed E-state index contributed by atoms with van der Waals surface area (Å²) in [5, 5.41) is 10.5. The van der Waals surface area contributed by atoms with Crippen molar-refractivity contribution in [2.24, 2.45) is 0 Å². The number of hydrogen-bond donors (Lipinski definition) is 0. The van der Waals surface area contributed by atoms with Gasteiger partial charge >= 0.3 is 16.3 Å². The number of rotatable bonds is 4. The average molecular weight is 285 g/mol. The van der Waals surface area contributed by atoms with Crippen molar-refractivity contribution in [3.8, 4) is 0 Å². The monoisotopic (exact) mass is 285 g/mol. The molecule has 1 aromatic rings. The van der Waals surface area contributed by atoms with Gasteiger partial charge in [-0.25, -0.2) is 0 Å². The van der Waals surface area contributed by atoms with Crippen molar-refractivity contribution in [2.75, 3.05) is 6.61 Å². The largest absolute Gasteiger partial charge is 0.413 e. The molecule has 1 aromatic carbocycles. The van der Waals surface area contributed by atoms with Crippen molar-refractivity contribution in [1.29, 1.82) is 0 Å². The van der Waals surface area contributed by atoms with E-state index in [4.69, 9.17) is 0 Å². The van der Waals surface area contributed by atoms with E-state index in [-0.39, 0.29) is 0 Å². The Bertz CT molecular complexity index is 554. The molecular formula is C8H6F3NO5S. The highest BCUT2D eigenvalue weighted by Crippen LogP contribution is 2.26. The minimum Gasteiger partial charge on any atom is -0.258 e. The molecule has 0 atom stereocenters. The normalized spacial score (nSPS) is 12.4. The first-order chi connectivity index (χ1) is 8.13. The van der Waals surface area contributed by atoms with E-state index in [0.717, 1.165) is 18.2 Å². The van der Waals surface area contributed by atoms with Crippen LogP contribution in [0.4, 0.5) is 18.9 Å². The second-order valence-corrected chi connectivity index (χ2v) is 4.64. The molecule has 100 valence electrons. The maximum atomic E-state index is 11.8. The SMILES string of the molecule is O=[N+]([O-])c1ccccc1S(=O)(=O)OCC(F)(F)F. The van der Waals surface area contributed by atoms with Gasteiger partial charge in [-0.05, 0) is 6.07 Å². The minimum absolute atomic E-state index is 0.795. The Morgan fingerprint density at radius 1 is 1.28 bits per heavy atom. The summed E-state index contributed by atoms with van der Waals surface area (Å²) in [7, 11) is -4.83. The van der Waals surface area contributed by atoms with Crippen LogP contribution in [0, 0.1) is 10.1 Å². The summed E-state index contributed by atoms with van der Waals surface area (Å²) in [5.74, 6) is 0. The van der Waals surface area contributed by atoms with E-state index in [1.54, 1.807) is 0 Å². The maximum Gasteiger partial charge on any atom is 0.413 e. The van der Waals surface area contributed by atoms with Crippen LogP contribution in [0.1, 0.15) is 0 Å². The number of halogens is 3. The molecule has 6 nitrogen and oxygen atoms in total. The summed E-state index contributed by atoms with van der Waals surface area (Å²) in [4.78, 5) is 8.59. The van der Waals surface area contributed by atoms with Crippen LogP contribution >= 0.6 is 0 Å². The number of nitrogens with zero attached hydrogens (tertiary/aromatic N) is 1. The zero-order chi connectivity index (χ0) is 14.0.